The number of hydrogen-bond acceptors (Lipinski definition) is 2. The Labute approximate surface area is 114 Å². The van der Waals surface area contributed by atoms with Gasteiger partial charge in [0.2, 0.25) is 11.8 Å². The van der Waals surface area contributed by atoms with Crippen LogP contribution in [0.5, 0.6) is 0 Å². The minimum Gasteiger partial charge on any atom is -0.278 e. The molecule has 1 aliphatic heterocycles. The minimum absolute atomic E-state index is 0.0478. The first kappa shape index (κ1) is 13.8. The van der Waals surface area contributed by atoms with E-state index in [9.17, 15) is 9.59 Å². The monoisotopic (exact) mass is 259 g/mol. The summed E-state index contributed by atoms with van der Waals surface area (Å²) in [5.41, 5.74) is 4.71. The molecule has 102 valence electrons. The van der Waals surface area contributed by atoms with E-state index in [2.05, 4.69) is 32.9 Å². The zero-order chi connectivity index (χ0) is 14.3. The molecule has 0 bridgehead atoms. The van der Waals surface area contributed by atoms with Gasteiger partial charge in [-0.25, -0.2) is 0 Å². The molecule has 0 spiro atoms. The van der Waals surface area contributed by atoms with Gasteiger partial charge in [-0.2, -0.15) is 0 Å². The van der Waals surface area contributed by atoms with E-state index in [0.717, 1.165) is 5.56 Å². The number of imide groups is 1. The van der Waals surface area contributed by atoms with Crippen molar-refractivity contribution in [3.63, 3.8) is 0 Å². The lowest BCUT2D eigenvalue weighted by atomic mass is 10.00. The van der Waals surface area contributed by atoms with E-state index in [0.29, 0.717) is 6.54 Å². The lowest BCUT2D eigenvalue weighted by Gasteiger charge is -2.16. The Morgan fingerprint density at radius 1 is 0.947 bits per heavy atom. The molecule has 0 N–H and O–H groups in total. The van der Waals surface area contributed by atoms with Crippen molar-refractivity contribution in [1.29, 1.82) is 0 Å². The van der Waals surface area contributed by atoms with Crippen molar-refractivity contribution >= 4 is 11.8 Å². The normalized spacial score (nSPS) is 23.3. The molecule has 0 aliphatic carbocycles. The number of amides is 2. The van der Waals surface area contributed by atoms with Crippen molar-refractivity contribution in [3.05, 3.63) is 34.4 Å². The fraction of sp³-hybridized carbons (Fsp3) is 0.500. The number of rotatable bonds is 2. The van der Waals surface area contributed by atoms with E-state index in [4.69, 9.17) is 0 Å². The first-order chi connectivity index (χ1) is 8.82. The van der Waals surface area contributed by atoms with Gasteiger partial charge < -0.3 is 0 Å². The van der Waals surface area contributed by atoms with E-state index in [-0.39, 0.29) is 23.7 Å². The molecule has 1 aliphatic rings. The third-order valence-electron chi connectivity index (χ3n) is 4.39. The van der Waals surface area contributed by atoms with Crippen molar-refractivity contribution in [2.75, 3.05) is 0 Å². The highest BCUT2D eigenvalue weighted by Crippen LogP contribution is 2.27. The number of benzene rings is 1. The maximum Gasteiger partial charge on any atom is 0.233 e. The standard InChI is InChI=1S/C16H21NO2/c1-9-6-14(7-10(2)11(9)3)8-17-15(18)12(4)13(5)16(17)19/h6-7,12-13H,8H2,1-5H3. The second-order valence-corrected chi connectivity index (χ2v) is 5.69. The van der Waals surface area contributed by atoms with Gasteiger partial charge in [-0.1, -0.05) is 26.0 Å². The van der Waals surface area contributed by atoms with Gasteiger partial charge in [-0.3, -0.25) is 14.5 Å². The summed E-state index contributed by atoms with van der Waals surface area (Å²) < 4.78 is 0. The number of carbonyl (C=O) groups excluding carboxylic acids is 2. The molecule has 2 unspecified atom stereocenters. The molecular weight excluding hydrogens is 238 g/mol. The second kappa shape index (κ2) is 4.80. The molecule has 1 aromatic rings. The van der Waals surface area contributed by atoms with Crippen molar-refractivity contribution in [1.82, 2.24) is 4.90 Å². The van der Waals surface area contributed by atoms with E-state index >= 15 is 0 Å². The molecule has 0 saturated carbocycles. The molecule has 2 amide bonds. The van der Waals surface area contributed by atoms with Gasteiger partial charge in [0.15, 0.2) is 0 Å². The molecule has 0 aromatic heterocycles. The Kier molecular flexibility index (Phi) is 3.48. The van der Waals surface area contributed by atoms with Crippen LogP contribution in [0.15, 0.2) is 12.1 Å². The summed E-state index contributed by atoms with van der Waals surface area (Å²) in [6.45, 7) is 10.3. The highest BCUT2D eigenvalue weighted by molar-refractivity contribution is 6.04. The molecule has 1 fully saturated rings. The average molecular weight is 259 g/mol. The number of aryl methyl sites for hydroxylation is 2. The molecule has 3 heteroatoms. The number of likely N-dealkylation sites (tertiary alicyclic amines) is 1. The summed E-state index contributed by atoms with van der Waals surface area (Å²) in [6, 6.07) is 4.13. The molecule has 1 saturated heterocycles. The Morgan fingerprint density at radius 3 is 1.79 bits per heavy atom. The van der Waals surface area contributed by atoms with Gasteiger partial charge >= 0.3 is 0 Å². The van der Waals surface area contributed by atoms with Crippen molar-refractivity contribution in [2.45, 2.75) is 41.2 Å². The van der Waals surface area contributed by atoms with Crippen LogP contribution in [0, 0.1) is 32.6 Å². The Hall–Kier alpha value is -1.64. The van der Waals surface area contributed by atoms with Crippen molar-refractivity contribution < 1.29 is 9.59 Å². The highest BCUT2D eigenvalue weighted by atomic mass is 16.2. The van der Waals surface area contributed by atoms with Crippen LogP contribution in [-0.4, -0.2) is 16.7 Å². The van der Waals surface area contributed by atoms with Crippen LogP contribution in [0.2, 0.25) is 0 Å². The summed E-state index contributed by atoms with van der Waals surface area (Å²) in [7, 11) is 0. The van der Waals surface area contributed by atoms with Crippen LogP contribution in [0.3, 0.4) is 0 Å². The van der Waals surface area contributed by atoms with Crippen LogP contribution in [-0.2, 0) is 16.1 Å². The third-order valence-corrected chi connectivity index (χ3v) is 4.39. The predicted molar refractivity (Wildman–Crippen MR) is 74.5 cm³/mol. The first-order valence-corrected chi connectivity index (χ1v) is 6.75. The second-order valence-electron chi connectivity index (χ2n) is 5.69. The Morgan fingerprint density at radius 2 is 1.37 bits per heavy atom. The Balaban J connectivity index is 2.27. The zero-order valence-electron chi connectivity index (χ0n) is 12.3. The molecule has 1 aromatic carbocycles. The molecule has 0 radical (unpaired) electrons. The van der Waals surface area contributed by atoms with Crippen LogP contribution in [0.1, 0.15) is 36.1 Å². The summed E-state index contributed by atoms with van der Waals surface area (Å²) in [5.74, 6) is -0.484. The topological polar surface area (TPSA) is 37.4 Å². The molecule has 19 heavy (non-hydrogen) atoms. The van der Waals surface area contributed by atoms with Crippen molar-refractivity contribution in [2.24, 2.45) is 11.8 Å². The van der Waals surface area contributed by atoms with Gasteiger partial charge in [-0.05, 0) is 43.0 Å². The lowest BCUT2D eigenvalue weighted by molar-refractivity contribution is -0.140. The third kappa shape index (κ3) is 2.29. The maximum atomic E-state index is 12.1. The van der Waals surface area contributed by atoms with Crippen LogP contribution < -0.4 is 0 Å². The molecule has 3 nitrogen and oxygen atoms in total. The lowest BCUT2D eigenvalue weighted by Crippen LogP contribution is -2.30. The highest BCUT2D eigenvalue weighted by Gasteiger charge is 2.41. The maximum absolute atomic E-state index is 12.1. The summed E-state index contributed by atoms with van der Waals surface area (Å²) in [4.78, 5) is 25.5. The van der Waals surface area contributed by atoms with Gasteiger partial charge in [0, 0.05) is 11.8 Å². The predicted octanol–water partition coefficient (Wildman–Crippen LogP) is 2.75. The molecular formula is C16H21NO2. The fourth-order valence-corrected chi connectivity index (χ4v) is 2.58. The van der Waals surface area contributed by atoms with E-state index < -0.39 is 0 Å². The SMILES string of the molecule is Cc1cc(CN2C(=O)C(C)C(C)C2=O)cc(C)c1C. The average Bonchev–Trinajstić information content (AvgIpc) is 2.54. The van der Waals surface area contributed by atoms with Gasteiger partial charge in [-0.15, -0.1) is 0 Å². The molecule has 2 atom stereocenters. The molecule has 1 heterocycles. The number of hydrogen-bond donors (Lipinski definition) is 0. The van der Waals surface area contributed by atoms with Gasteiger partial charge in [0.25, 0.3) is 0 Å². The summed E-state index contributed by atoms with van der Waals surface area (Å²) in [5, 5.41) is 0. The molecule has 2 rings (SSSR count). The van der Waals surface area contributed by atoms with E-state index in [1.807, 2.05) is 13.8 Å². The number of carbonyl (C=O) groups is 2. The summed E-state index contributed by atoms with van der Waals surface area (Å²) >= 11 is 0. The van der Waals surface area contributed by atoms with Gasteiger partial charge in [0.1, 0.15) is 0 Å². The largest absolute Gasteiger partial charge is 0.278 e. The van der Waals surface area contributed by atoms with Crippen LogP contribution in [0.25, 0.3) is 0 Å². The zero-order valence-corrected chi connectivity index (χ0v) is 12.3. The van der Waals surface area contributed by atoms with Crippen LogP contribution in [0.4, 0.5) is 0 Å². The first-order valence-electron chi connectivity index (χ1n) is 6.75. The smallest absolute Gasteiger partial charge is 0.233 e. The van der Waals surface area contributed by atoms with E-state index in [1.54, 1.807) is 0 Å². The number of nitrogens with zero attached hydrogens (tertiary/aromatic N) is 1. The van der Waals surface area contributed by atoms with Gasteiger partial charge in [0.05, 0.1) is 6.54 Å². The fourth-order valence-electron chi connectivity index (χ4n) is 2.58. The van der Waals surface area contributed by atoms with Crippen molar-refractivity contribution in [3.8, 4) is 0 Å². The quantitative estimate of drug-likeness (QED) is 0.766. The Bertz CT molecular complexity index is 505. The van der Waals surface area contributed by atoms with Crippen LogP contribution >= 0.6 is 0 Å². The van der Waals surface area contributed by atoms with E-state index in [1.165, 1.54) is 21.6 Å². The minimum atomic E-state index is -0.194. The summed E-state index contributed by atoms with van der Waals surface area (Å²) in [6.07, 6.45) is 0.